The standard InChI is InChI=1S/C38H76O10/c1-3-5-6-7-8-9-10-11-12-13-14-15-16-17-18-19-20-40-23-24-42-27-28-44-31-32-46-35-36-48-38-37-47-34-33-45-30-29-43-26-25-41-22-21-39-4-2/h11-12H,3-10,13-38H2,1-2H3/b12-11-. The van der Waals surface area contributed by atoms with Gasteiger partial charge in [0.1, 0.15) is 0 Å². The van der Waals surface area contributed by atoms with E-state index >= 15 is 0 Å². The average molecular weight is 693 g/mol. The summed E-state index contributed by atoms with van der Waals surface area (Å²) in [4.78, 5) is 0. The number of allylic oxidation sites excluding steroid dienone is 2. The summed E-state index contributed by atoms with van der Waals surface area (Å²) in [6.45, 7) is 15.9. The number of rotatable bonds is 44. The van der Waals surface area contributed by atoms with Crippen LogP contribution in [-0.2, 0) is 47.4 Å². The molecule has 0 aromatic heterocycles. The van der Waals surface area contributed by atoms with Crippen LogP contribution < -0.4 is 0 Å². The van der Waals surface area contributed by atoms with Crippen LogP contribution in [0.1, 0.15) is 104 Å². The van der Waals surface area contributed by atoms with Crippen LogP contribution in [0.2, 0.25) is 0 Å². The van der Waals surface area contributed by atoms with E-state index in [0.29, 0.717) is 126 Å². The number of hydrogen-bond acceptors (Lipinski definition) is 10. The average Bonchev–Trinajstić information content (AvgIpc) is 3.10. The Kier molecular flexibility index (Phi) is 45.7. The third-order valence-electron chi connectivity index (χ3n) is 7.35. The van der Waals surface area contributed by atoms with Gasteiger partial charge in [0.2, 0.25) is 0 Å². The Morgan fingerprint density at radius 3 is 0.812 bits per heavy atom. The normalized spacial score (nSPS) is 11.8. The van der Waals surface area contributed by atoms with Gasteiger partial charge in [-0.25, -0.2) is 0 Å². The van der Waals surface area contributed by atoms with Crippen molar-refractivity contribution in [2.75, 3.05) is 132 Å². The van der Waals surface area contributed by atoms with E-state index < -0.39 is 0 Å². The van der Waals surface area contributed by atoms with E-state index in [0.717, 1.165) is 13.0 Å². The van der Waals surface area contributed by atoms with Crippen molar-refractivity contribution in [3.05, 3.63) is 12.2 Å². The highest BCUT2D eigenvalue weighted by molar-refractivity contribution is 4.81. The highest BCUT2D eigenvalue weighted by Crippen LogP contribution is 2.10. The lowest BCUT2D eigenvalue weighted by Gasteiger charge is -2.09. The van der Waals surface area contributed by atoms with E-state index in [1.54, 1.807) is 0 Å². The molecule has 0 fully saturated rings. The quantitative estimate of drug-likeness (QED) is 0.0482. The molecule has 10 heteroatoms. The van der Waals surface area contributed by atoms with Crippen LogP contribution >= 0.6 is 0 Å². The molecule has 0 heterocycles. The zero-order chi connectivity index (χ0) is 34.5. The maximum atomic E-state index is 5.68. The minimum atomic E-state index is 0.533. The maximum absolute atomic E-state index is 5.68. The van der Waals surface area contributed by atoms with Gasteiger partial charge >= 0.3 is 0 Å². The molecule has 288 valence electrons. The molecule has 0 radical (unpaired) electrons. The smallest absolute Gasteiger partial charge is 0.0701 e. The van der Waals surface area contributed by atoms with Crippen molar-refractivity contribution in [3.63, 3.8) is 0 Å². The predicted octanol–water partition coefficient (Wildman–Crippen LogP) is 7.21. The molecule has 48 heavy (non-hydrogen) atoms. The van der Waals surface area contributed by atoms with E-state index in [-0.39, 0.29) is 0 Å². The zero-order valence-corrected chi connectivity index (χ0v) is 31.3. The first-order valence-corrected chi connectivity index (χ1v) is 19.3. The molecule has 0 bridgehead atoms. The lowest BCUT2D eigenvalue weighted by Crippen LogP contribution is -2.15. The molecule has 0 atom stereocenters. The van der Waals surface area contributed by atoms with Gasteiger partial charge in [0.15, 0.2) is 0 Å². The minimum absolute atomic E-state index is 0.533. The molecule has 0 aliphatic rings. The lowest BCUT2D eigenvalue weighted by atomic mass is 10.1. The molecule has 0 amide bonds. The summed E-state index contributed by atoms with van der Waals surface area (Å²) in [5.41, 5.74) is 0. The Bertz CT molecular complexity index is 582. The first-order chi connectivity index (χ1) is 23.9. The summed E-state index contributed by atoms with van der Waals surface area (Å²) in [6, 6.07) is 0. The molecular formula is C38H76O10. The molecule has 0 aromatic carbocycles. The first kappa shape index (κ1) is 47.3. The molecule has 0 aromatic rings. The van der Waals surface area contributed by atoms with Crippen LogP contribution in [0.5, 0.6) is 0 Å². The van der Waals surface area contributed by atoms with Crippen molar-refractivity contribution < 1.29 is 47.4 Å². The summed E-state index contributed by atoms with van der Waals surface area (Å²) in [7, 11) is 0. The fourth-order valence-corrected chi connectivity index (χ4v) is 4.58. The van der Waals surface area contributed by atoms with Gasteiger partial charge in [-0.1, -0.05) is 76.9 Å². The molecule has 0 saturated heterocycles. The van der Waals surface area contributed by atoms with Crippen molar-refractivity contribution in [2.45, 2.75) is 104 Å². The van der Waals surface area contributed by atoms with Gasteiger partial charge in [0.05, 0.1) is 119 Å². The van der Waals surface area contributed by atoms with E-state index in [2.05, 4.69) is 19.1 Å². The van der Waals surface area contributed by atoms with Crippen LogP contribution in [0.3, 0.4) is 0 Å². The second kappa shape index (κ2) is 46.3. The van der Waals surface area contributed by atoms with E-state index in [4.69, 9.17) is 47.4 Å². The summed E-state index contributed by atoms with van der Waals surface area (Å²) < 4.78 is 54.7. The topological polar surface area (TPSA) is 92.3 Å². The van der Waals surface area contributed by atoms with Gasteiger partial charge in [0.25, 0.3) is 0 Å². The molecule has 0 saturated carbocycles. The molecule has 0 N–H and O–H groups in total. The molecule has 0 unspecified atom stereocenters. The number of hydrogen-bond donors (Lipinski definition) is 0. The van der Waals surface area contributed by atoms with Crippen molar-refractivity contribution >= 4 is 0 Å². The lowest BCUT2D eigenvalue weighted by molar-refractivity contribution is -0.0263. The Hall–Kier alpha value is -0.660. The zero-order valence-electron chi connectivity index (χ0n) is 31.3. The first-order valence-electron chi connectivity index (χ1n) is 19.3. The van der Waals surface area contributed by atoms with Crippen LogP contribution in [-0.4, -0.2) is 132 Å². The summed E-state index contributed by atoms with van der Waals surface area (Å²) >= 11 is 0. The molecule has 0 aliphatic heterocycles. The summed E-state index contributed by atoms with van der Waals surface area (Å²) in [5, 5.41) is 0. The van der Waals surface area contributed by atoms with Crippen LogP contribution in [0, 0.1) is 0 Å². The van der Waals surface area contributed by atoms with Crippen molar-refractivity contribution in [1.82, 2.24) is 0 Å². The molecular weight excluding hydrogens is 616 g/mol. The van der Waals surface area contributed by atoms with Crippen LogP contribution in [0.25, 0.3) is 0 Å². The Morgan fingerprint density at radius 2 is 0.500 bits per heavy atom. The SMILES string of the molecule is CCCCCCCC/C=C\CCCCCCCCOCCOCCOCCOCCOCCOCCOCCOCCOCCOCC. The van der Waals surface area contributed by atoms with Crippen LogP contribution in [0.4, 0.5) is 0 Å². The highest BCUT2D eigenvalue weighted by atomic mass is 16.6. The minimum Gasteiger partial charge on any atom is -0.379 e. The summed E-state index contributed by atoms with van der Waals surface area (Å²) in [5.74, 6) is 0. The van der Waals surface area contributed by atoms with Gasteiger partial charge in [-0.05, 0) is 39.0 Å². The fourth-order valence-electron chi connectivity index (χ4n) is 4.58. The number of unbranched alkanes of at least 4 members (excludes halogenated alkanes) is 12. The van der Waals surface area contributed by atoms with Gasteiger partial charge in [-0.2, -0.15) is 0 Å². The summed E-state index contributed by atoms with van der Waals surface area (Å²) in [6.07, 6.45) is 23.3. The molecule has 10 nitrogen and oxygen atoms in total. The molecule has 0 aliphatic carbocycles. The van der Waals surface area contributed by atoms with Crippen molar-refractivity contribution in [3.8, 4) is 0 Å². The Labute approximate surface area is 295 Å². The highest BCUT2D eigenvalue weighted by Gasteiger charge is 1.97. The van der Waals surface area contributed by atoms with Crippen molar-refractivity contribution in [2.24, 2.45) is 0 Å². The molecule has 0 rings (SSSR count). The van der Waals surface area contributed by atoms with E-state index in [1.807, 2.05) is 6.92 Å². The largest absolute Gasteiger partial charge is 0.379 e. The number of ether oxygens (including phenoxy) is 10. The predicted molar refractivity (Wildman–Crippen MR) is 193 cm³/mol. The van der Waals surface area contributed by atoms with Gasteiger partial charge in [0, 0.05) is 13.2 Å². The Balaban J connectivity index is 3.06. The maximum Gasteiger partial charge on any atom is 0.0701 e. The third kappa shape index (κ3) is 45.3. The van der Waals surface area contributed by atoms with Gasteiger partial charge in [-0.15, -0.1) is 0 Å². The van der Waals surface area contributed by atoms with E-state index in [1.165, 1.54) is 83.5 Å². The van der Waals surface area contributed by atoms with Crippen LogP contribution in [0.15, 0.2) is 12.2 Å². The second-order valence-corrected chi connectivity index (χ2v) is 11.6. The van der Waals surface area contributed by atoms with Gasteiger partial charge in [-0.3, -0.25) is 0 Å². The molecule has 0 spiro atoms. The second-order valence-electron chi connectivity index (χ2n) is 11.6. The fraction of sp³-hybridized carbons (Fsp3) is 0.947. The third-order valence-corrected chi connectivity index (χ3v) is 7.35. The van der Waals surface area contributed by atoms with Crippen molar-refractivity contribution in [1.29, 1.82) is 0 Å². The Morgan fingerprint density at radius 1 is 0.250 bits per heavy atom. The van der Waals surface area contributed by atoms with Gasteiger partial charge < -0.3 is 47.4 Å². The monoisotopic (exact) mass is 693 g/mol. The van der Waals surface area contributed by atoms with E-state index in [9.17, 15) is 0 Å².